The molecule has 0 spiro atoms. The van der Waals surface area contributed by atoms with Crippen molar-refractivity contribution < 1.29 is 23.9 Å². The average Bonchev–Trinajstić information content (AvgIpc) is 3.43. The van der Waals surface area contributed by atoms with Gasteiger partial charge in [0, 0.05) is 57.6 Å². The molecule has 35 heavy (non-hydrogen) atoms. The number of nitrogens with one attached hydrogen (secondary N) is 1. The second-order valence-electron chi connectivity index (χ2n) is 10.7. The third-order valence-electron chi connectivity index (χ3n) is 7.26. The number of fused-ring (bicyclic) bond motifs is 1. The molecule has 9 heteroatoms. The van der Waals surface area contributed by atoms with Crippen molar-refractivity contribution in [2.75, 3.05) is 64.5 Å². The first-order valence-corrected chi connectivity index (χ1v) is 12.5. The van der Waals surface area contributed by atoms with Gasteiger partial charge in [-0.05, 0) is 36.1 Å². The maximum atomic E-state index is 13.5. The fourth-order valence-corrected chi connectivity index (χ4v) is 5.14. The summed E-state index contributed by atoms with van der Waals surface area (Å²) in [4.78, 5) is 45.2. The molecule has 3 aliphatic heterocycles. The molecule has 1 N–H and O–H groups in total. The van der Waals surface area contributed by atoms with Crippen molar-refractivity contribution in [2.45, 2.75) is 45.4 Å². The monoisotopic (exact) mass is 486 g/mol. The smallest absolute Gasteiger partial charge is 0.251 e. The highest BCUT2D eigenvalue weighted by atomic mass is 16.5. The normalized spacial score (nSPS) is 23.9. The first-order valence-electron chi connectivity index (χ1n) is 12.5. The largest absolute Gasteiger partial charge is 0.383 e. The van der Waals surface area contributed by atoms with Crippen LogP contribution in [0.2, 0.25) is 0 Å². The number of hydrogen-bond donors (Lipinski definition) is 1. The van der Waals surface area contributed by atoms with Gasteiger partial charge in [0.25, 0.3) is 5.91 Å². The van der Waals surface area contributed by atoms with Crippen LogP contribution >= 0.6 is 0 Å². The van der Waals surface area contributed by atoms with Gasteiger partial charge in [0.05, 0.1) is 12.7 Å². The predicted octanol–water partition coefficient (Wildman–Crippen LogP) is 1.17. The highest BCUT2D eigenvalue weighted by Gasteiger charge is 2.49. The first kappa shape index (κ1) is 25.6. The van der Waals surface area contributed by atoms with Crippen molar-refractivity contribution in [3.8, 4) is 0 Å². The lowest BCUT2D eigenvalue weighted by atomic mass is 9.85. The molecule has 3 atom stereocenters. The maximum absolute atomic E-state index is 13.5. The molecule has 0 aromatic heterocycles. The van der Waals surface area contributed by atoms with Gasteiger partial charge < -0.3 is 24.6 Å². The summed E-state index contributed by atoms with van der Waals surface area (Å²) < 4.78 is 10.7. The fraction of sp³-hybridized carbons (Fsp3) is 0.654. The minimum Gasteiger partial charge on any atom is -0.383 e. The minimum atomic E-state index is -0.748. The number of carbonyl (C=O) groups excluding carboxylic acids is 3. The van der Waals surface area contributed by atoms with E-state index >= 15 is 0 Å². The summed E-state index contributed by atoms with van der Waals surface area (Å²) in [5, 5.41) is 2.95. The molecule has 3 aliphatic rings. The number of hydrogen-bond acceptors (Lipinski definition) is 7. The van der Waals surface area contributed by atoms with Crippen LogP contribution in [0.25, 0.3) is 0 Å². The standard InChI is InChI=1S/C26H38N4O5/c1-26(2,3)23(25(33)30-10-9-21-22(30)20(31)17-35-21)27-24(32)18-5-7-19(8-6-18)29-13-11-28(12-14-29)15-16-34-4/h5-8,21-23H,9-17H2,1-4H3,(H,27,32)/t21-,22+,23?/m0/s1. The van der Waals surface area contributed by atoms with Gasteiger partial charge in [-0.3, -0.25) is 19.3 Å². The third kappa shape index (κ3) is 5.68. The Labute approximate surface area is 207 Å². The van der Waals surface area contributed by atoms with Crippen LogP contribution in [0, 0.1) is 5.41 Å². The number of anilines is 1. The average molecular weight is 487 g/mol. The Morgan fingerprint density at radius 3 is 2.43 bits per heavy atom. The number of methoxy groups -OCH3 is 1. The molecule has 9 nitrogen and oxygen atoms in total. The summed E-state index contributed by atoms with van der Waals surface area (Å²) in [5.74, 6) is -0.575. The zero-order valence-corrected chi connectivity index (χ0v) is 21.3. The summed E-state index contributed by atoms with van der Waals surface area (Å²) in [6.45, 7) is 11.8. The first-order chi connectivity index (χ1) is 16.7. The zero-order chi connectivity index (χ0) is 25.2. The van der Waals surface area contributed by atoms with E-state index in [0.29, 0.717) is 18.5 Å². The molecular formula is C26H38N4O5. The van der Waals surface area contributed by atoms with Crippen LogP contribution in [0.5, 0.6) is 0 Å². The van der Waals surface area contributed by atoms with E-state index in [1.165, 1.54) is 0 Å². The number of piperazine rings is 1. The number of amides is 2. The number of carbonyl (C=O) groups is 3. The highest BCUT2D eigenvalue weighted by Crippen LogP contribution is 2.30. The Bertz CT molecular complexity index is 921. The van der Waals surface area contributed by atoms with E-state index in [1.54, 1.807) is 12.0 Å². The number of ketones is 1. The van der Waals surface area contributed by atoms with Crippen molar-refractivity contribution in [2.24, 2.45) is 5.41 Å². The van der Waals surface area contributed by atoms with E-state index in [1.807, 2.05) is 45.0 Å². The highest BCUT2D eigenvalue weighted by molar-refractivity contribution is 5.99. The number of ether oxygens (including phenoxy) is 2. The van der Waals surface area contributed by atoms with Crippen molar-refractivity contribution in [1.82, 2.24) is 15.1 Å². The maximum Gasteiger partial charge on any atom is 0.251 e. The van der Waals surface area contributed by atoms with Crippen LogP contribution in [0.3, 0.4) is 0 Å². The molecule has 0 bridgehead atoms. The molecule has 3 fully saturated rings. The second kappa shape index (κ2) is 10.6. The van der Waals surface area contributed by atoms with Gasteiger partial charge in [0.15, 0.2) is 5.78 Å². The molecule has 3 heterocycles. The van der Waals surface area contributed by atoms with Gasteiger partial charge in [-0.1, -0.05) is 20.8 Å². The number of nitrogens with zero attached hydrogens (tertiary/aromatic N) is 3. The second-order valence-corrected chi connectivity index (χ2v) is 10.7. The molecule has 0 radical (unpaired) electrons. The third-order valence-corrected chi connectivity index (χ3v) is 7.26. The van der Waals surface area contributed by atoms with Crippen molar-refractivity contribution in [1.29, 1.82) is 0 Å². The minimum absolute atomic E-state index is 0.0558. The van der Waals surface area contributed by atoms with E-state index in [-0.39, 0.29) is 30.3 Å². The van der Waals surface area contributed by atoms with E-state index in [0.717, 1.165) is 45.0 Å². The number of Topliss-reactive ketones (excluding diaryl/α,β-unsaturated/α-hetero) is 1. The Morgan fingerprint density at radius 1 is 1.11 bits per heavy atom. The summed E-state index contributed by atoms with van der Waals surface area (Å²) in [5.41, 5.74) is 1.07. The van der Waals surface area contributed by atoms with Gasteiger partial charge in [-0.2, -0.15) is 0 Å². The molecule has 1 unspecified atom stereocenters. The van der Waals surface area contributed by atoms with Crippen molar-refractivity contribution in [3.63, 3.8) is 0 Å². The summed E-state index contributed by atoms with van der Waals surface area (Å²) in [6.07, 6.45) is 0.423. The summed E-state index contributed by atoms with van der Waals surface area (Å²) >= 11 is 0. The molecule has 4 rings (SSSR count). The topological polar surface area (TPSA) is 91.4 Å². The Kier molecular flexibility index (Phi) is 7.78. The van der Waals surface area contributed by atoms with Gasteiger partial charge >= 0.3 is 0 Å². The van der Waals surface area contributed by atoms with Gasteiger partial charge in [-0.25, -0.2) is 0 Å². The van der Waals surface area contributed by atoms with Crippen LogP contribution in [-0.4, -0.2) is 105 Å². The Balaban J connectivity index is 1.39. The number of benzene rings is 1. The Hall–Kier alpha value is -2.49. The van der Waals surface area contributed by atoms with Gasteiger partial charge in [-0.15, -0.1) is 0 Å². The van der Waals surface area contributed by atoms with Crippen LogP contribution in [-0.2, 0) is 19.1 Å². The Morgan fingerprint density at radius 2 is 1.80 bits per heavy atom. The summed E-state index contributed by atoms with van der Waals surface area (Å²) in [6, 6.07) is 6.28. The fourth-order valence-electron chi connectivity index (χ4n) is 5.14. The van der Waals surface area contributed by atoms with Crippen LogP contribution in [0.15, 0.2) is 24.3 Å². The van der Waals surface area contributed by atoms with Gasteiger partial charge in [0.1, 0.15) is 18.7 Å². The van der Waals surface area contributed by atoms with E-state index in [2.05, 4.69) is 15.1 Å². The molecule has 1 aromatic rings. The molecular weight excluding hydrogens is 448 g/mol. The molecule has 0 saturated carbocycles. The quantitative estimate of drug-likeness (QED) is 0.619. The van der Waals surface area contributed by atoms with E-state index < -0.39 is 17.5 Å². The lowest BCUT2D eigenvalue weighted by Gasteiger charge is -2.36. The van der Waals surface area contributed by atoms with Crippen molar-refractivity contribution >= 4 is 23.3 Å². The molecule has 0 aliphatic carbocycles. The van der Waals surface area contributed by atoms with Crippen molar-refractivity contribution in [3.05, 3.63) is 29.8 Å². The van der Waals surface area contributed by atoms with E-state index in [4.69, 9.17) is 9.47 Å². The lowest BCUT2D eigenvalue weighted by molar-refractivity contribution is -0.140. The molecule has 3 saturated heterocycles. The predicted molar refractivity (Wildman–Crippen MR) is 133 cm³/mol. The van der Waals surface area contributed by atoms with Crippen LogP contribution < -0.4 is 10.2 Å². The lowest BCUT2D eigenvalue weighted by Crippen LogP contribution is -2.57. The number of likely N-dealkylation sites (tertiary alicyclic amines) is 1. The molecule has 192 valence electrons. The zero-order valence-electron chi connectivity index (χ0n) is 21.3. The summed E-state index contributed by atoms with van der Waals surface area (Å²) in [7, 11) is 1.72. The van der Waals surface area contributed by atoms with E-state index in [9.17, 15) is 14.4 Å². The van der Waals surface area contributed by atoms with Crippen LogP contribution in [0.4, 0.5) is 5.69 Å². The molecule has 1 aromatic carbocycles. The van der Waals surface area contributed by atoms with Crippen LogP contribution in [0.1, 0.15) is 37.6 Å². The van der Waals surface area contributed by atoms with Gasteiger partial charge in [0.2, 0.25) is 5.91 Å². The molecule has 2 amide bonds. The number of rotatable bonds is 7. The SMILES string of the molecule is COCCN1CCN(c2ccc(C(=O)NC(C(=O)N3CC[C@@H]4OCC(=O)[C@H]43)C(C)(C)C)cc2)CC1.